The van der Waals surface area contributed by atoms with Gasteiger partial charge in [-0.25, -0.2) is 4.39 Å². The number of aromatic nitrogens is 1. The number of piperazine rings is 1. The molecule has 4 nitrogen and oxygen atoms in total. The van der Waals surface area contributed by atoms with Crippen molar-refractivity contribution >= 4 is 17.3 Å². The van der Waals surface area contributed by atoms with Crippen LogP contribution >= 0.6 is 11.6 Å². The third-order valence-electron chi connectivity index (χ3n) is 5.30. The summed E-state index contributed by atoms with van der Waals surface area (Å²) in [6.45, 7) is 3.89. The minimum Gasteiger partial charge on any atom is -0.495 e. The van der Waals surface area contributed by atoms with Gasteiger partial charge in [-0.2, -0.15) is 0 Å². The Hall–Kier alpha value is -2.63. The van der Waals surface area contributed by atoms with E-state index < -0.39 is 0 Å². The van der Waals surface area contributed by atoms with Gasteiger partial charge in [-0.05, 0) is 42.9 Å². The van der Waals surface area contributed by atoms with Crippen LogP contribution in [0.4, 0.5) is 10.1 Å². The summed E-state index contributed by atoms with van der Waals surface area (Å²) >= 11 is 6.15. The van der Waals surface area contributed by atoms with E-state index >= 15 is 0 Å². The summed E-state index contributed by atoms with van der Waals surface area (Å²) in [6, 6.07) is 12.4. The molecule has 150 valence electrons. The van der Waals surface area contributed by atoms with Crippen molar-refractivity contribution < 1.29 is 9.13 Å². The van der Waals surface area contributed by atoms with Crippen molar-refractivity contribution in [1.82, 2.24) is 9.88 Å². The largest absolute Gasteiger partial charge is 0.495 e. The van der Waals surface area contributed by atoms with Gasteiger partial charge in [0, 0.05) is 54.1 Å². The van der Waals surface area contributed by atoms with Gasteiger partial charge < -0.3 is 14.5 Å². The number of hydrogen-bond donors (Lipinski definition) is 0. The SMILES string of the molecule is COc1c(-c2cccc(Cl)c2)cc(F)cc1-c1cncc(N2CCN(C)CC2)c1. The molecule has 0 spiro atoms. The third kappa shape index (κ3) is 4.21. The van der Waals surface area contributed by atoms with Gasteiger partial charge in [-0.3, -0.25) is 4.98 Å². The van der Waals surface area contributed by atoms with Gasteiger partial charge >= 0.3 is 0 Å². The van der Waals surface area contributed by atoms with Crippen LogP contribution in [0.5, 0.6) is 5.75 Å². The number of likely N-dealkylation sites (N-methyl/N-ethyl adjacent to an activating group) is 1. The van der Waals surface area contributed by atoms with Crippen molar-refractivity contribution in [3.8, 4) is 28.0 Å². The van der Waals surface area contributed by atoms with Crippen molar-refractivity contribution in [2.75, 3.05) is 45.2 Å². The fraction of sp³-hybridized carbons (Fsp3) is 0.261. The minimum atomic E-state index is -0.333. The van der Waals surface area contributed by atoms with Crippen molar-refractivity contribution in [2.45, 2.75) is 0 Å². The lowest BCUT2D eigenvalue weighted by molar-refractivity contribution is 0.313. The zero-order chi connectivity index (χ0) is 20.4. The second-order valence-corrected chi connectivity index (χ2v) is 7.70. The Morgan fingerprint density at radius 3 is 2.38 bits per heavy atom. The fourth-order valence-electron chi connectivity index (χ4n) is 3.71. The van der Waals surface area contributed by atoms with Crippen molar-refractivity contribution in [2.24, 2.45) is 0 Å². The van der Waals surface area contributed by atoms with Gasteiger partial charge in [-0.15, -0.1) is 0 Å². The summed E-state index contributed by atoms with van der Waals surface area (Å²) in [5.74, 6) is 0.270. The highest BCUT2D eigenvalue weighted by Crippen LogP contribution is 2.41. The number of nitrogens with zero attached hydrogens (tertiary/aromatic N) is 3. The van der Waals surface area contributed by atoms with Gasteiger partial charge in [0.15, 0.2) is 0 Å². The molecule has 3 aromatic rings. The lowest BCUT2D eigenvalue weighted by Crippen LogP contribution is -2.44. The molecule has 0 atom stereocenters. The molecule has 0 amide bonds. The Kier molecular flexibility index (Phi) is 5.69. The Morgan fingerprint density at radius 2 is 1.69 bits per heavy atom. The molecular formula is C23H23ClFN3O. The van der Waals surface area contributed by atoms with E-state index in [1.807, 2.05) is 24.4 Å². The van der Waals surface area contributed by atoms with Crippen LogP contribution in [0.25, 0.3) is 22.3 Å². The zero-order valence-corrected chi connectivity index (χ0v) is 17.3. The lowest BCUT2D eigenvalue weighted by atomic mass is 9.97. The predicted molar refractivity (Wildman–Crippen MR) is 116 cm³/mol. The molecule has 1 fully saturated rings. The van der Waals surface area contributed by atoms with Gasteiger partial charge in [0.25, 0.3) is 0 Å². The quantitative estimate of drug-likeness (QED) is 0.606. The first-order chi connectivity index (χ1) is 14.0. The Labute approximate surface area is 175 Å². The van der Waals surface area contributed by atoms with E-state index in [9.17, 15) is 4.39 Å². The van der Waals surface area contributed by atoms with Gasteiger partial charge in [-0.1, -0.05) is 23.7 Å². The molecular weight excluding hydrogens is 389 g/mol. The second-order valence-electron chi connectivity index (χ2n) is 7.27. The number of ether oxygens (including phenoxy) is 1. The van der Waals surface area contributed by atoms with Crippen LogP contribution in [-0.4, -0.2) is 50.2 Å². The number of rotatable bonds is 4. The maximum Gasteiger partial charge on any atom is 0.134 e. The summed E-state index contributed by atoms with van der Waals surface area (Å²) in [7, 11) is 3.73. The lowest BCUT2D eigenvalue weighted by Gasteiger charge is -2.34. The maximum atomic E-state index is 14.6. The third-order valence-corrected chi connectivity index (χ3v) is 5.53. The number of anilines is 1. The summed E-state index contributed by atoms with van der Waals surface area (Å²) in [5, 5.41) is 0.592. The van der Waals surface area contributed by atoms with E-state index in [1.54, 1.807) is 19.4 Å². The summed E-state index contributed by atoms with van der Waals surface area (Å²) in [6.07, 6.45) is 3.61. The number of methoxy groups -OCH3 is 1. The Bertz CT molecular complexity index is 1020. The average Bonchev–Trinajstić information content (AvgIpc) is 2.74. The molecule has 2 aromatic carbocycles. The first-order valence-corrected chi connectivity index (χ1v) is 9.95. The summed E-state index contributed by atoms with van der Waals surface area (Å²) in [5.41, 5.74) is 3.99. The number of halogens is 2. The van der Waals surface area contributed by atoms with E-state index in [2.05, 4.69) is 27.9 Å². The predicted octanol–water partition coefficient (Wildman–Crippen LogP) is 4.97. The normalized spacial score (nSPS) is 14.8. The molecule has 29 heavy (non-hydrogen) atoms. The van der Waals surface area contributed by atoms with Crippen LogP contribution in [0, 0.1) is 5.82 Å². The van der Waals surface area contributed by atoms with E-state index in [-0.39, 0.29) is 5.82 Å². The molecule has 1 aromatic heterocycles. The van der Waals surface area contributed by atoms with Crippen molar-refractivity contribution in [1.29, 1.82) is 0 Å². The molecule has 0 N–H and O–H groups in total. The van der Waals surface area contributed by atoms with Gasteiger partial charge in [0.1, 0.15) is 11.6 Å². The van der Waals surface area contributed by atoms with Crippen molar-refractivity contribution in [3.63, 3.8) is 0 Å². The standard InChI is InChI=1S/C23H23ClFN3O/c1-27-6-8-28(9-7-27)20-11-17(14-26-15-20)22-13-19(25)12-21(23(22)29-2)16-4-3-5-18(24)10-16/h3-5,10-15H,6-9H2,1-2H3. The first kappa shape index (κ1) is 19.7. The molecule has 1 saturated heterocycles. The number of pyridine rings is 1. The van der Waals surface area contributed by atoms with Crippen molar-refractivity contribution in [3.05, 3.63) is 65.7 Å². The summed E-state index contributed by atoms with van der Waals surface area (Å²) < 4.78 is 20.3. The Balaban J connectivity index is 1.78. The second kappa shape index (κ2) is 8.39. The van der Waals surface area contributed by atoms with E-state index in [0.29, 0.717) is 21.9 Å². The Morgan fingerprint density at radius 1 is 0.966 bits per heavy atom. The van der Waals surface area contributed by atoms with Crippen LogP contribution in [0.3, 0.4) is 0 Å². The highest BCUT2D eigenvalue weighted by atomic mass is 35.5. The average molecular weight is 412 g/mol. The molecule has 0 aliphatic carbocycles. The monoisotopic (exact) mass is 411 g/mol. The molecule has 6 heteroatoms. The fourth-order valence-corrected chi connectivity index (χ4v) is 3.90. The molecule has 1 aliphatic rings. The molecule has 2 heterocycles. The van der Waals surface area contributed by atoms with Crippen LogP contribution in [0.2, 0.25) is 5.02 Å². The van der Waals surface area contributed by atoms with Gasteiger partial charge in [0.05, 0.1) is 19.0 Å². The minimum absolute atomic E-state index is 0.333. The zero-order valence-electron chi connectivity index (χ0n) is 16.5. The summed E-state index contributed by atoms with van der Waals surface area (Å²) in [4.78, 5) is 9.03. The van der Waals surface area contributed by atoms with Crippen LogP contribution < -0.4 is 9.64 Å². The molecule has 0 unspecified atom stereocenters. The molecule has 0 radical (unpaired) electrons. The highest BCUT2D eigenvalue weighted by Gasteiger charge is 2.18. The van der Waals surface area contributed by atoms with E-state index in [1.165, 1.54) is 12.1 Å². The number of benzene rings is 2. The molecule has 0 saturated carbocycles. The smallest absolute Gasteiger partial charge is 0.134 e. The van der Waals surface area contributed by atoms with Crippen LogP contribution in [-0.2, 0) is 0 Å². The highest BCUT2D eigenvalue weighted by molar-refractivity contribution is 6.30. The molecule has 4 rings (SSSR count). The topological polar surface area (TPSA) is 28.6 Å². The van der Waals surface area contributed by atoms with Crippen LogP contribution in [0.15, 0.2) is 54.9 Å². The molecule has 0 bridgehead atoms. The van der Waals surface area contributed by atoms with Crippen LogP contribution in [0.1, 0.15) is 0 Å². The molecule has 1 aliphatic heterocycles. The van der Waals surface area contributed by atoms with Gasteiger partial charge in [0.2, 0.25) is 0 Å². The van der Waals surface area contributed by atoms with E-state index in [4.69, 9.17) is 16.3 Å². The van der Waals surface area contributed by atoms with E-state index in [0.717, 1.165) is 43.0 Å². The number of hydrogen-bond acceptors (Lipinski definition) is 4. The first-order valence-electron chi connectivity index (χ1n) is 9.57. The maximum absolute atomic E-state index is 14.6.